The zero-order valence-electron chi connectivity index (χ0n) is 10.3. The van der Waals surface area contributed by atoms with Crippen LogP contribution < -0.4 is 5.32 Å². The van der Waals surface area contributed by atoms with Gasteiger partial charge in [0.2, 0.25) is 0 Å². The molecular formula is C13H19ClIN. The number of rotatable bonds is 3. The fourth-order valence-corrected chi connectivity index (χ4v) is 2.34. The summed E-state index contributed by atoms with van der Waals surface area (Å²) in [6, 6.07) is 6.65. The molecule has 1 N–H and O–H groups in total. The molecule has 0 fully saturated rings. The fraction of sp³-hybridized carbons (Fsp3) is 0.538. The summed E-state index contributed by atoms with van der Waals surface area (Å²) < 4.78 is 1.10. The van der Waals surface area contributed by atoms with Crippen molar-refractivity contribution in [1.82, 2.24) is 5.32 Å². The van der Waals surface area contributed by atoms with Crippen molar-refractivity contribution in [3.8, 4) is 0 Å². The Morgan fingerprint density at radius 1 is 1.38 bits per heavy atom. The van der Waals surface area contributed by atoms with Crippen molar-refractivity contribution in [2.45, 2.75) is 33.7 Å². The van der Waals surface area contributed by atoms with Crippen molar-refractivity contribution < 1.29 is 0 Å². The molecule has 1 atom stereocenters. The number of hydrogen-bond acceptors (Lipinski definition) is 1. The molecular weight excluding hydrogens is 333 g/mol. The number of hydrogen-bond donors (Lipinski definition) is 1. The molecule has 1 aromatic carbocycles. The van der Waals surface area contributed by atoms with Gasteiger partial charge in [0.25, 0.3) is 0 Å². The molecule has 0 aliphatic heterocycles. The molecule has 90 valence electrons. The molecule has 0 amide bonds. The van der Waals surface area contributed by atoms with Crippen LogP contribution in [0.4, 0.5) is 0 Å². The maximum atomic E-state index is 6.17. The summed E-state index contributed by atoms with van der Waals surface area (Å²) in [5, 5.41) is 4.36. The van der Waals surface area contributed by atoms with Gasteiger partial charge < -0.3 is 5.32 Å². The normalized spacial score (nSPS) is 13.9. The van der Waals surface area contributed by atoms with Gasteiger partial charge in [-0.05, 0) is 52.2 Å². The summed E-state index contributed by atoms with van der Waals surface area (Å²) in [5.41, 5.74) is 1.45. The highest BCUT2D eigenvalue weighted by atomic mass is 127. The SMILES string of the molecule is CCNC(c1ccc(I)c(Cl)c1)C(C)(C)C. The average molecular weight is 352 g/mol. The maximum Gasteiger partial charge on any atom is 0.0542 e. The van der Waals surface area contributed by atoms with E-state index >= 15 is 0 Å². The van der Waals surface area contributed by atoms with Crippen molar-refractivity contribution in [3.05, 3.63) is 32.4 Å². The van der Waals surface area contributed by atoms with Crippen LogP contribution in [0.3, 0.4) is 0 Å². The molecule has 0 aliphatic carbocycles. The molecule has 0 saturated carbocycles. The Labute approximate surface area is 117 Å². The topological polar surface area (TPSA) is 12.0 Å². The summed E-state index contributed by atoms with van der Waals surface area (Å²) in [6.07, 6.45) is 0. The van der Waals surface area contributed by atoms with Crippen molar-refractivity contribution in [3.63, 3.8) is 0 Å². The van der Waals surface area contributed by atoms with E-state index < -0.39 is 0 Å². The summed E-state index contributed by atoms with van der Waals surface area (Å²) in [7, 11) is 0. The van der Waals surface area contributed by atoms with Crippen LogP contribution in [0.15, 0.2) is 18.2 Å². The first kappa shape index (κ1) is 14.3. The van der Waals surface area contributed by atoms with Crippen LogP contribution in [0.25, 0.3) is 0 Å². The van der Waals surface area contributed by atoms with E-state index in [0.29, 0.717) is 6.04 Å². The third kappa shape index (κ3) is 3.60. The number of nitrogens with one attached hydrogen (secondary N) is 1. The average Bonchev–Trinajstić information content (AvgIpc) is 2.17. The molecule has 1 rings (SSSR count). The molecule has 0 bridgehead atoms. The van der Waals surface area contributed by atoms with Crippen LogP contribution in [0.5, 0.6) is 0 Å². The Morgan fingerprint density at radius 2 is 2.00 bits per heavy atom. The number of benzene rings is 1. The maximum absolute atomic E-state index is 6.17. The van der Waals surface area contributed by atoms with Gasteiger partial charge in [0, 0.05) is 9.61 Å². The molecule has 0 spiro atoms. The van der Waals surface area contributed by atoms with Crippen LogP contribution >= 0.6 is 34.2 Å². The highest BCUT2D eigenvalue weighted by Gasteiger charge is 2.25. The molecule has 3 heteroatoms. The van der Waals surface area contributed by atoms with Crippen LogP contribution in [0.2, 0.25) is 5.02 Å². The summed E-state index contributed by atoms with van der Waals surface area (Å²) in [4.78, 5) is 0. The zero-order chi connectivity index (χ0) is 12.3. The van der Waals surface area contributed by atoms with E-state index in [1.165, 1.54) is 5.56 Å². The van der Waals surface area contributed by atoms with Crippen LogP contribution in [0.1, 0.15) is 39.3 Å². The Bertz CT molecular complexity index is 357. The van der Waals surface area contributed by atoms with Crippen molar-refractivity contribution in [1.29, 1.82) is 0 Å². The van der Waals surface area contributed by atoms with E-state index in [4.69, 9.17) is 11.6 Å². The summed E-state index contributed by atoms with van der Waals surface area (Å²) >= 11 is 8.43. The van der Waals surface area contributed by atoms with Gasteiger partial charge in [0.15, 0.2) is 0 Å². The molecule has 0 saturated heterocycles. The van der Waals surface area contributed by atoms with E-state index in [0.717, 1.165) is 15.1 Å². The lowest BCUT2D eigenvalue weighted by molar-refractivity contribution is 0.277. The highest BCUT2D eigenvalue weighted by molar-refractivity contribution is 14.1. The van der Waals surface area contributed by atoms with Gasteiger partial charge in [0.1, 0.15) is 0 Å². The molecule has 1 unspecified atom stereocenters. The van der Waals surface area contributed by atoms with Gasteiger partial charge in [-0.2, -0.15) is 0 Å². The molecule has 1 aromatic rings. The molecule has 0 aliphatic rings. The van der Waals surface area contributed by atoms with Gasteiger partial charge in [-0.1, -0.05) is 45.4 Å². The fourth-order valence-electron chi connectivity index (χ4n) is 1.82. The smallest absolute Gasteiger partial charge is 0.0542 e. The lowest BCUT2D eigenvalue weighted by Crippen LogP contribution is -2.32. The third-order valence-electron chi connectivity index (χ3n) is 2.55. The van der Waals surface area contributed by atoms with Gasteiger partial charge in [-0.15, -0.1) is 0 Å². The standard InChI is InChI=1S/C13H19ClIN/c1-5-16-12(13(2,3)4)9-6-7-11(15)10(14)8-9/h6-8,12,16H,5H2,1-4H3. The molecule has 1 nitrogen and oxygen atoms in total. The van der Waals surface area contributed by atoms with Gasteiger partial charge >= 0.3 is 0 Å². The van der Waals surface area contributed by atoms with E-state index in [2.05, 4.69) is 73.8 Å². The first-order valence-electron chi connectivity index (χ1n) is 5.54. The molecule has 0 heterocycles. The van der Waals surface area contributed by atoms with Gasteiger partial charge in [-0.25, -0.2) is 0 Å². The van der Waals surface area contributed by atoms with Crippen LogP contribution in [0, 0.1) is 8.99 Å². The molecule has 16 heavy (non-hydrogen) atoms. The molecule has 0 aromatic heterocycles. The summed E-state index contributed by atoms with van der Waals surface area (Å²) in [6.45, 7) is 9.82. The van der Waals surface area contributed by atoms with E-state index in [-0.39, 0.29) is 5.41 Å². The van der Waals surface area contributed by atoms with E-state index in [1.54, 1.807) is 0 Å². The third-order valence-corrected chi connectivity index (χ3v) is 4.12. The first-order valence-corrected chi connectivity index (χ1v) is 7.00. The van der Waals surface area contributed by atoms with Gasteiger partial charge in [0.05, 0.1) is 5.02 Å². The van der Waals surface area contributed by atoms with Crippen molar-refractivity contribution in [2.24, 2.45) is 5.41 Å². The van der Waals surface area contributed by atoms with E-state index in [9.17, 15) is 0 Å². The minimum Gasteiger partial charge on any atom is -0.310 e. The lowest BCUT2D eigenvalue weighted by Gasteiger charge is -2.32. The molecule has 0 radical (unpaired) electrons. The quantitative estimate of drug-likeness (QED) is 0.782. The second-order valence-electron chi connectivity index (χ2n) is 5.03. The summed E-state index contributed by atoms with van der Waals surface area (Å²) in [5.74, 6) is 0. The second-order valence-corrected chi connectivity index (χ2v) is 6.60. The Balaban J connectivity index is 3.06. The monoisotopic (exact) mass is 351 g/mol. The Kier molecular flexibility index (Phi) is 5.08. The predicted molar refractivity (Wildman–Crippen MR) is 80.0 cm³/mol. The van der Waals surface area contributed by atoms with E-state index in [1.807, 2.05) is 0 Å². The Hall–Kier alpha value is 0.200. The number of halogens is 2. The van der Waals surface area contributed by atoms with Crippen molar-refractivity contribution >= 4 is 34.2 Å². The highest BCUT2D eigenvalue weighted by Crippen LogP contribution is 2.34. The Morgan fingerprint density at radius 3 is 2.44 bits per heavy atom. The minimum absolute atomic E-state index is 0.187. The van der Waals surface area contributed by atoms with Gasteiger partial charge in [-0.3, -0.25) is 0 Å². The zero-order valence-corrected chi connectivity index (χ0v) is 13.2. The predicted octanol–water partition coefficient (Wildman–Crippen LogP) is 4.64. The lowest BCUT2D eigenvalue weighted by atomic mass is 9.82. The van der Waals surface area contributed by atoms with Crippen molar-refractivity contribution in [2.75, 3.05) is 6.54 Å². The second kappa shape index (κ2) is 5.69. The van der Waals surface area contributed by atoms with Crippen LogP contribution in [-0.4, -0.2) is 6.54 Å². The van der Waals surface area contributed by atoms with Crippen LogP contribution in [-0.2, 0) is 0 Å². The minimum atomic E-state index is 0.187. The first-order chi connectivity index (χ1) is 7.36. The largest absolute Gasteiger partial charge is 0.310 e.